The topological polar surface area (TPSA) is 44.6 Å². The number of aryl methyl sites for hydroxylation is 1. The van der Waals surface area contributed by atoms with Crippen molar-refractivity contribution in [3.63, 3.8) is 0 Å². The quantitative estimate of drug-likeness (QED) is 0.405. The number of oxime groups is 1. The van der Waals surface area contributed by atoms with Crippen LogP contribution in [-0.4, -0.2) is 17.5 Å². The highest BCUT2D eigenvalue weighted by atomic mass is 16.4. The second-order valence-electron chi connectivity index (χ2n) is 3.59. The Morgan fingerprint density at radius 2 is 2.36 bits per heavy atom. The average Bonchev–Trinajstić information content (AvgIpc) is 2.27. The molecule has 0 aliphatic carbocycles. The van der Waals surface area contributed by atoms with Crippen molar-refractivity contribution in [3.8, 4) is 0 Å². The van der Waals surface area contributed by atoms with Gasteiger partial charge in [0.05, 0.1) is 5.71 Å². The van der Waals surface area contributed by atoms with Gasteiger partial charge in [0.1, 0.15) is 0 Å². The van der Waals surface area contributed by atoms with Crippen LogP contribution in [0.5, 0.6) is 0 Å². The van der Waals surface area contributed by atoms with Crippen LogP contribution in [0.4, 0.5) is 5.69 Å². The molecule has 0 unspecified atom stereocenters. The maximum absolute atomic E-state index is 8.66. The molecule has 0 bridgehead atoms. The fourth-order valence-corrected chi connectivity index (χ4v) is 1.76. The number of hydrogen-bond donors (Lipinski definition) is 2. The average molecular weight is 190 g/mol. The van der Waals surface area contributed by atoms with Crippen LogP contribution in [0.2, 0.25) is 0 Å². The fraction of sp³-hybridized carbons (Fsp3) is 0.364. The first kappa shape index (κ1) is 9.06. The number of benzene rings is 1. The largest absolute Gasteiger partial charge is 0.411 e. The highest BCUT2D eigenvalue weighted by molar-refractivity contribution is 5.98. The van der Waals surface area contributed by atoms with E-state index in [1.165, 1.54) is 17.7 Å². The van der Waals surface area contributed by atoms with Crippen molar-refractivity contribution in [2.24, 2.45) is 5.16 Å². The molecule has 0 amide bonds. The summed E-state index contributed by atoms with van der Waals surface area (Å²) in [6, 6.07) is 6.13. The van der Waals surface area contributed by atoms with Gasteiger partial charge in [0.15, 0.2) is 0 Å². The Labute approximate surface area is 83.4 Å². The molecule has 0 saturated carbocycles. The lowest BCUT2D eigenvalue weighted by Gasteiger charge is -2.18. The maximum atomic E-state index is 8.66. The second-order valence-corrected chi connectivity index (χ2v) is 3.59. The number of rotatable bonds is 1. The monoisotopic (exact) mass is 190 g/mol. The van der Waals surface area contributed by atoms with Crippen LogP contribution in [0.3, 0.4) is 0 Å². The summed E-state index contributed by atoms with van der Waals surface area (Å²) in [5.74, 6) is 0. The summed E-state index contributed by atoms with van der Waals surface area (Å²) in [6.07, 6.45) is 2.28. The van der Waals surface area contributed by atoms with E-state index in [9.17, 15) is 0 Å². The van der Waals surface area contributed by atoms with Crippen LogP contribution in [-0.2, 0) is 6.42 Å². The van der Waals surface area contributed by atoms with E-state index < -0.39 is 0 Å². The molecule has 1 aromatic carbocycles. The van der Waals surface area contributed by atoms with Gasteiger partial charge < -0.3 is 10.5 Å². The van der Waals surface area contributed by atoms with E-state index >= 15 is 0 Å². The van der Waals surface area contributed by atoms with E-state index in [-0.39, 0.29) is 0 Å². The molecule has 2 N–H and O–H groups in total. The number of nitrogens with zero attached hydrogens (tertiary/aromatic N) is 1. The van der Waals surface area contributed by atoms with Crippen molar-refractivity contribution in [1.82, 2.24) is 0 Å². The predicted molar refractivity (Wildman–Crippen MR) is 57.3 cm³/mol. The lowest BCUT2D eigenvalue weighted by atomic mass is 9.99. The number of anilines is 1. The molecular weight excluding hydrogens is 176 g/mol. The summed E-state index contributed by atoms with van der Waals surface area (Å²) in [7, 11) is 0. The van der Waals surface area contributed by atoms with Crippen molar-refractivity contribution >= 4 is 11.4 Å². The van der Waals surface area contributed by atoms with Gasteiger partial charge in [-0.1, -0.05) is 11.2 Å². The zero-order valence-electron chi connectivity index (χ0n) is 8.25. The minimum Gasteiger partial charge on any atom is -0.411 e. The van der Waals surface area contributed by atoms with Gasteiger partial charge in [-0.05, 0) is 43.0 Å². The molecule has 0 atom stereocenters. The van der Waals surface area contributed by atoms with E-state index in [1.54, 1.807) is 6.92 Å². The molecule has 1 heterocycles. The Morgan fingerprint density at radius 3 is 3.14 bits per heavy atom. The standard InChI is InChI=1S/C11H14N2O/c1-8(13-14)9-4-5-11-10(7-9)3-2-6-12-11/h4-5,7,12,14H,2-3,6H2,1H3/b13-8-. The van der Waals surface area contributed by atoms with Crippen molar-refractivity contribution in [1.29, 1.82) is 0 Å². The summed E-state index contributed by atoms with van der Waals surface area (Å²) < 4.78 is 0. The SMILES string of the molecule is C/C(=N/O)c1ccc2c(c1)CCCN2. The van der Waals surface area contributed by atoms with E-state index in [0.29, 0.717) is 5.71 Å². The smallest absolute Gasteiger partial charge is 0.0837 e. The normalized spacial score (nSPS) is 15.9. The van der Waals surface area contributed by atoms with Crippen LogP contribution in [0.15, 0.2) is 23.4 Å². The first-order chi connectivity index (χ1) is 6.81. The van der Waals surface area contributed by atoms with E-state index in [1.807, 2.05) is 6.07 Å². The van der Waals surface area contributed by atoms with Gasteiger partial charge in [0.2, 0.25) is 0 Å². The molecule has 0 aromatic heterocycles. The molecular formula is C11H14N2O. The highest BCUT2D eigenvalue weighted by Crippen LogP contribution is 2.23. The van der Waals surface area contributed by atoms with Gasteiger partial charge in [-0.3, -0.25) is 0 Å². The van der Waals surface area contributed by atoms with Crippen LogP contribution in [0.25, 0.3) is 0 Å². The van der Waals surface area contributed by atoms with Crippen LogP contribution < -0.4 is 5.32 Å². The van der Waals surface area contributed by atoms with Crippen molar-refractivity contribution in [2.75, 3.05) is 11.9 Å². The Balaban J connectivity index is 2.38. The molecule has 0 saturated heterocycles. The third-order valence-corrected chi connectivity index (χ3v) is 2.61. The summed E-state index contributed by atoms with van der Waals surface area (Å²) in [5, 5.41) is 15.2. The van der Waals surface area contributed by atoms with Gasteiger partial charge >= 0.3 is 0 Å². The predicted octanol–water partition coefficient (Wildman–Crippen LogP) is 2.24. The molecule has 3 heteroatoms. The van der Waals surface area contributed by atoms with Crippen LogP contribution in [0.1, 0.15) is 24.5 Å². The lowest BCUT2D eigenvalue weighted by molar-refractivity contribution is 0.319. The lowest BCUT2D eigenvalue weighted by Crippen LogP contribution is -2.12. The minimum absolute atomic E-state index is 0.665. The first-order valence-corrected chi connectivity index (χ1v) is 4.87. The molecule has 0 fully saturated rings. The Morgan fingerprint density at radius 1 is 1.50 bits per heavy atom. The Bertz CT molecular complexity index is 372. The van der Waals surface area contributed by atoms with Gasteiger partial charge in [-0.25, -0.2) is 0 Å². The summed E-state index contributed by atoms with van der Waals surface area (Å²) >= 11 is 0. The second kappa shape index (κ2) is 3.70. The van der Waals surface area contributed by atoms with Crippen molar-refractivity contribution in [3.05, 3.63) is 29.3 Å². The Hall–Kier alpha value is -1.51. The van der Waals surface area contributed by atoms with Gasteiger partial charge in [-0.2, -0.15) is 0 Å². The third-order valence-electron chi connectivity index (χ3n) is 2.61. The molecule has 3 nitrogen and oxygen atoms in total. The molecule has 2 rings (SSSR count). The molecule has 1 aliphatic rings. The van der Waals surface area contributed by atoms with Crippen LogP contribution >= 0.6 is 0 Å². The fourth-order valence-electron chi connectivity index (χ4n) is 1.76. The third kappa shape index (κ3) is 1.58. The maximum Gasteiger partial charge on any atom is 0.0837 e. The number of fused-ring (bicyclic) bond motifs is 1. The minimum atomic E-state index is 0.665. The molecule has 0 radical (unpaired) electrons. The highest BCUT2D eigenvalue weighted by Gasteiger charge is 2.09. The first-order valence-electron chi connectivity index (χ1n) is 4.87. The van der Waals surface area contributed by atoms with E-state index in [2.05, 4.69) is 22.6 Å². The molecule has 14 heavy (non-hydrogen) atoms. The van der Waals surface area contributed by atoms with E-state index in [0.717, 1.165) is 18.5 Å². The van der Waals surface area contributed by atoms with Gasteiger partial charge in [-0.15, -0.1) is 0 Å². The van der Waals surface area contributed by atoms with Gasteiger partial charge in [0, 0.05) is 12.2 Å². The molecule has 1 aliphatic heterocycles. The summed E-state index contributed by atoms with van der Waals surface area (Å²) in [6.45, 7) is 2.86. The Kier molecular flexibility index (Phi) is 2.39. The number of nitrogens with one attached hydrogen (secondary N) is 1. The zero-order valence-corrected chi connectivity index (χ0v) is 8.25. The molecule has 0 spiro atoms. The summed E-state index contributed by atoms with van der Waals surface area (Å²) in [4.78, 5) is 0. The van der Waals surface area contributed by atoms with Crippen molar-refractivity contribution in [2.45, 2.75) is 19.8 Å². The molecule has 74 valence electrons. The summed E-state index contributed by atoms with van der Waals surface area (Å²) in [5.41, 5.74) is 4.19. The molecule has 1 aromatic rings. The van der Waals surface area contributed by atoms with Crippen molar-refractivity contribution < 1.29 is 5.21 Å². The number of hydrogen-bond acceptors (Lipinski definition) is 3. The van der Waals surface area contributed by atoms with Crippen LogP contribution in [0, 0.1) is 0 Å². The zero-order chi connectivity index (χ0) is 9.97. The van der Waals surface area contributed by atoms with E-state index in [4.69, 9.17) is 5.21 Å². The van der Waals surface area contributed by atoms with Gasteiger partial charge in [0.25, 0.3) is 0 Å².